The first-order valence-electron chi connectivity index (χ1n) is 1.15. The molecule has 0 radical (unpaired) electrons. The van der Waals surface area contributed by atoms with Crippen molar-refractivity contribution < 1.29 is 9.90 Å². The van der Waals surface area contributed by atoms with Gasteiger partial charge in [0, 0.05) is 0 Å². The van der Waals surface area contributed by atoms with Crippen LogP contribution < -0.4 is 10.3 Å². The highest BCUT2D eigenvalue weighted by molar-refractivity contribution is 7.78. The molecule has 0 heterocycles. The molecule has 0 spiro atoms. The van der Waals surface area contributed by atoms with Gasteiger partial charge in [0.2, 0.25) is 0 Å². The first kappa shape index (κ1) is 5.58. The summed E-state index contributed by atoms with van der Waals surface area (Å²) in [6.45, 7) is 0. The van der Waals surface area contributed by atoms with E-state index in [2.05, 4.69) is 12.8 Å². The topological polar surface area (TPSA) is 61.4 Å². The number of carboxylic acid groups (broad SMARTS) is 1. The van der Waals surface area contributed by atoms with E-state index in [0.717, 1.165) is 0 Å². The largest absolute Gasteiger partial charge is 0.464 e. The Hall–Kier alpha value is -0.420. The van der Waals surface area contributed by atoms with Gasteiger partial charge in [0.25, 0.3) is 0 Å². The third-order valence-electron chi connectivity index (χ3n) is 0.163. The van der Waals surface area contributed by atoms with Gasteiger partial charge >= 0.3 is 6.09 Å². The second kappa shape index (κ2) is 2.80. The third-order valence-corrected chi connectivity index (χ3v) is 0.275. The summed E-state index contributed by atoms with van der Waals surface area (Å²) in [5, 5.41) is 7.69. The van der Waals surface area contributed by atoms with Crippen LogP contribution in [0.2, 0.25) is 0 Å². The molecule has 0 bridgehead atoms. The van der Waals surface area contributed by atoms with Crippen LogP contribution in [0.1, 0.15) is 0 Å². The predicted molar refractivity (Wildman–Crippen MR) is 23.3 cm³/mol. The standard InChI is InChI=1S/CH4N2O2S/c4-1(5)2-3-6/h2-3,6H,(H,4,5). The van der Waals surface area contributed by atoms with Gasteiger partial charge in [-0.25, -0.2) is 10.2 Å². The summed E-state index contributed by atoms with van der Waals surface area (Å²) in [5.41, 5.74) is 1.74. The molecule has 0 aliphatic rings. The minimum Gasteiger partial charge on any atom is -0.464 e. The summed E-state index contributed by atoms with van der Waals surface area (Å²) in [4.78, 5) is 11.3. The number of hydrogen-bond donors (Lipinski definition) is 4. The maximum atomic E-state index is 9.38. The highest BCUT2D eigenvalue weighted by Crippen LogP contribution is 1.52. The van der Waals surface area contributed by atoms with Gasteiger partial charge in [-0.1, -0.05) is 12.8 Å². The van der Waals surface area contributed by atoms with Crippen LogP contribution in [0.25, 0.3) is 0 Å². The average molecular weight is 108 g/mol. The molecule has 0 saturated carbocycles. The second-order valence-corrected chi connectivity index (χ2v) is 0.766. The number of hydrogen-bond acceptors (Lipinski definition) is 3. The SMILES string of the molecule is O=C(O)NNS. The molecule has 0 saturated heterocycles. The van der Waals surface area contributed by atoms with Gasteiger partial charge in [-0.15, -0.1) is 0 Å². The lowest BCUT2D eigenvalue weighted by Gasteiger charge is -1.88. The van der Waals surface area contributed by atoms with Gasteiger partial charge in [0.1, 0.15) is 0 Å². The molecular formula is CH4N2O2S. The van der Waals surface area contributed by atoms with Crippen molar-refractivity contribution in [3.63, 3.8) is 0 Å². The van der Waals surface area contributed by atoms with Crippen LogP contribution in [0.4, 0.5) is 4.79 Å². The lowest BCUT2D eigenvalue weighted by atomic mass is 11.3. The van der Waals surface area contributed by atoms with E-state index in [0.29, 0.717) is 0 Å². The van der Waals surface area contributed by atoms with E-state index >= 15 is 0 Å². The van der Waals surface area contributed by atoms with Crippen molar-refractivity contribution in [2.24, 2.45) is 0 Å². The normalized spacial score (nSPS) is 7.50. The lowest BCUT2D eigenvalue weighted by Crippen LogP contribution is -2.28. The monoisotopic (exact) mass is 108 g/mol. The smallest absolute Gasteiger partial charge is 0.419 e. The zero-order valence-corrected chi connectivity index (χ0v) is 3.70. The zero-order chi connectivity index (χ0) is 4.99. The molecule has 6 heavy (non-hydrogen) atoms. The van der Waals surface area contributed by atoms with Gasteiger partial charge < -0.3 is 5.11 Å². The van der Waals surface area contributed by atoms with Crippen LogP contribution >= 0.6 is 12.8 Å². The van der Waals surface area contributed by atoms with E-state index in [1.807, 2.05) is 4.83 Å². The van der Waals surface area contributed by atoms with Crippen LogP contribution in [0, 0.1) is 0 Å². The Balaban J connectivity index is 2.83. The Morgan fingerprint density at radius 3 is 2.33 bits per heavy atom. The number of amides is 1. The van der Waals surface area contributed by atoms with Gasteiger partial charge in [-0.05, 0) is 0 Å². The Labute approximate surface area is 40.1 Å². The van der Waals surface area contributed by atoms with Crippen molar-refractivity contribution in [3.05, 3.63) is 0 Å². The molecule has 0 aromatic rings. The highest BCUT2D eigenvalue weighted by atomic mass is 32.1. The van der Waals surface area contributed by atoms with Crippen molar-refractivity contribution in [2.45, 2.75) is 0 Å². The molecule has 1 amide bonds. The first-order chi connectivity index (χ1) is 2.77. The third kappa shape index (κ3) is 3.58. The fourth-order valence-electron chi connectivity index (χ4n) is 0.0478. The zero-order valence-electron chi connectivity index (χ0n) is 2.80. The Morgan fingerprint density at radius 1 is 1.83 bits per heavy atom. The molecule has 0 aliphatic heterocycles. The van der Waals surface area contributed by atoms with E-state index in [1.54, 1.807) is 5.43 Å². The molecule has 4 nitrogen and oxygen atoms in total. The van der Waals surface area contributed by atoms with Gasteiger partial charge in [0.15, 0.2) is 0 Å². The minimum absolute atomic E-state index is 1.15. The Bertz CT molecular complexity index is 55.5. The summed E-state index contributed by atoms with van der Waals surface area (Å²) in [7, 11) is 0. The summed E-state index contributed by atoms with van der Waals surface area (Å²) in [6, 6.07) is 0. The van der Waals surface area contributed by atoms with Crippen molar-refractivity contribution in [3.8, 4) is 0 Å². The fraction of sp³-hybridized carbons (Fsp3) is 0. The molecular weight excluding hydrogens is 104 g/mol. The molecule has 0 aliphatic carbocycles. The van der Waals surface area contributed by atoms with Gasteiger partial charge in [-0.2, -0.15) is 4.83 Å². The molecule has 3 N–H and O–H groups in total. The van der Waals surface area contributed by atoms with Crippen LogP contribution in [0.15, 0.2) is 0 Å². The summed E-state index contributed by atoms with van der Waals surface area (Å²) >= 11 is 3.32. The van der Waals surface area contributed by atoms with E-state index in [9.17, 15) is 4.79 Å². The molecule has 5 heteroatoms. The number of hydrazine groups is 1. The lowest BCUT2D eigenvalue weighted by molar-refractivity contribution is 0.193. The summed E-state index contributed by atoms with van der Waals surface area (Å²) < 4.78 is 0. The van der Waals surface area contributed by atoms with E-state index in [-0.39, 0.29) is 0 Å². The van der Waals surface area contributed by atoms with Crippen molar-refractivity contribution in [1.82, 2.24) is 10.3 Å². The van der Waals surface area contributed by atoms with Crippen LogP contribution in [0.3, 0.4) is 0 Å². The van der Waals surface area contributed by atoms with Crippen molar-refractivity contribution in [2.75, 3.05) is 0 Å². The van der Waals surface area contributed by atoms with E-state index < -0.39 is 6.09 Å². The minimum atomic E-state index is -1.15. The molecule has 0 rings (SSSR count). The van der Waals surface area contributed by atoms with E-state index in [1.165, 1.54) is 0 Å². The highest BCUT2D eigenvalue weighted by Gasteiger charge is 1.82. The molecule has 0 aromatic heterocycles. The molecule has 0 aromatic carbocycles. The quantitative estimate of drug-likeness (QED) is 0.273. The van der Waals surface area contributed by atoms with Gasteiger partial charge in [-0.3, -0.25) is 0 Å². The van der Waals surface area contributed by atoms with Crippen LogP contribution in [-0.4, -0.2) is 11.2 Å². The first-order valence-corrected chi connectivity index (χ1v) is 1.60. The molecule has 0 unspecified atom stereocenters. The van der Waals surface area contributed by atoms with Gasteiger partial charge in [0.05, 0.1) is 0 Å². The Kier molecular flexibility index (Phi) is 2.60. The Morgan fingerprint density at radius 2 is 2.33 bits per heavy atom. The number of thiol groups is 1. The summed E-state index contributed by atoms with van der Waals surface area (Å²) in [5.74, 6) is 0. The maximum Gasteiger partial charge on any atom is 0.419 e. The van der Waals surface area contributed by atoms with Crippen LogP contribution in [0.5, 0.6) is 0 Å². The molecule has 0 fully saturated rings. The predicted octanol–water partition coefficient (Wildman–Crippen LogP) is -0.397. The maximum absolute atomic E-state index is 9.38. The van der Waals surface area contributed by atoms with Crippen LogP contribution in [-0.2, 0) is 0 Å². The second-order valence-electron chi connectivity index (χ2n) is 0.542. The fourth-order valence-corrected chi connectivity index (χ4v) is 0.143. The van der Waals surface area contributed by atoms with E-state index in [4.69, 9.17) is 5.11 Å². The number of nitrogens with one attached hydrogen (secondary N) is 2. The molecule has 36 valence electrons. The summed E-state index contributed by atoms with van der Waals surface area (Å²) in [6.07, 6.45) is -1.15. The average Bonchev–Trinajstić information content (AvgIpc) is 1.35. The number of carbonyl (C=O) groups is 1. The van der Waals surface area contributed by atoms with Crippen molar-refractivity contribution >= 4 is 18.9 Å². The van der Waals surface area contributed by atoms with Crippen molar-refractivity contribution in [1.29, 1.82) is 0 Å². The molecule has 0 atom stereocenters. The number of rotatable bonds is 1.